The lowest BCUT2D eigenvalue weighted by Gasteiger charge is -2.35. The number of hydrogen-bond acceptors (Lipinski definition) is 8. The van der Waals surface area contributed by atoms with Gasteiger partial charge in [0, 0.05) is 26.2 Å². The van der Waals surface area contributed by atoms with Crippen LogP contribution in [-0.2, 0) is 5.54 Å². The molecule has 1 N–H and O–H groups in total. The van der Waals surface area contributed by atoms with Crippen LogP contribution in [0.5, 0.6) is 0 Å². The van der Waals surface area contributed by atoms with Crippen molar-refractivity contribution in [2.75, 3.05) is 36.0 Å². The van der Waals surface area contributed by atoms with E-state index in [2.05, 4.69) is 35.2 Å². The first-order chi connectivity index (χ1) is 13.9. The minimum Gasteiger partial charge on any atom is -0.352 e. The van der Waals surface area contributed by atoms with Gasteiger partial charge in [0.15, 0.2) is 11.3 Å². The van der Waals surface area contributed by atoms with Crippen molar-refractivity contribution >= 4 is 28.4 Å². The Labute approximate surface area is 166 Å². The van der Waals surface area contributed by atoms with Gasteiger partial charge in [-0.3, -0.25) is 9.78 Å². The average Bonchev–Trinajstić information content (AvgIpc) is 3.34. The number of hydrogen-bond donors (Lipinski definition) is 1. The van der Waals surface area contributed by atoms with Gasteiger partial charge in [-0.2, -0.15) is 14.6 Å². The van der Waals surface area contributed by atoms with Crippen molar-refractivity contribution in [1.29, 1.82) is 0 Å². The second-order valence-electron chi connectivity index (χ2n) is 8.15. The van der Waals surface area contributed by atoms with Crippen molar-refractivity contribution in [2.24, 2.45) is 0 Å². The summed E-state index contributed by atoms with van der Waals surface area (Å²) >= 11 is 0. The number of aromatic amines is 1. The highest BCUT2D eigenvalue weighted by atomic mass is 16.1. The zero-order chi connectivity index (χ0) is 20.2. The van der Waals surface area contributed by atoms with Crippen LogP contribution in [0.1, 0.15) is 20.8 Å². The Morgan fingerprint density at radius 3 is 2.59 bits per heavy atom. The van der Waals surface area contributed by atoms with Crippen molar-refractivity contribution in [3.8, 4) is 0 Å². The minimum atomic E-state index is -0.259. The molecule has 0 amide bonds. The molecule has 0 saturated carbocycles. The normalized spacial score (nSPS) is 15.6. The molecule has 4 aromatic rings. The number of H-pyrrole nitrogens is 1. The Balaban J connectivity index is 1.40. The second-order valence-corrected chi connectivity index (χ2v) is 8.15. The van der Waals surface area contributed by atoms with Gasteiger partial charge < -0.3 is 9.80 Å². The van der Waals surface area contributed by atoms with Gasteiger partial charge in [0.05, 0.1) is 11.7 Å². The van der Waals surface area contributed by atoms with Crippen LogP contribution in [0.4, 0.5) is 11.8 Å². The van der Waals surface area contributed by atoms with E-state index in [1.807, 2.05) is 32.9 Å². The summed E-state index contributed by atoms with van der Waals surface area (Å²) in [5.41, 5.74) is 0.907. The van der Waals surface area contributed by atoms with Gasteiger partial charge in [-0.05, 0) is 32.9 Å². The fourth-order valence-electron chi connectivity index (χ4n) is 3.58. The predicted octanol–water partition coefficient (Wildman–Crippen LogP) is 0.639. The van der Waals surface area contributed by atoms with Gasteiger partial charge in [0.25, 0.3) is 5.56 Å². The van der Waals surface area contributed by atoms with E-state index in [1.165, 1.54) is 0 Å². The lowest BCUT2D eigenvalue weighted by molar-refractivity contribution is 0.366. The zero-order valence-corrected chi connectivity index (χ0v) is 16.6. The number of anilines is 2. The highest BCUT2D eigenvalue weighted by molar-refractivity contribution is 5.74. The Bertz CT molecular complexity index is 1240. The topological polar surface area (TPSA) is 113 Å². The maximum absolute atomic E-state index is 12.6. The highest BCUT2D eigenvalue weighted by Crippen LogP contribution is 2.21. The molecular formula is C18H22N10O. The van der Waals surface area contributed by atoms with E-state index in [0.717, 1.165) is 37.6 Å². The van der Waals surface area contributed by atoms with Crippen molar-refractivity contribution in [3.05, 3.63) is 35.0 Å². The first-order valence-electron chi connectivity index (χ1n) is 9.56. The van der Waals surface area contributed by atoms with Gasteiger partial charge in [0.1, 0.15) is 17.5 Å². The number of piperazine rings is 1. The number of nitrogens with one attached hydrogen (secondary N) is 1. The summed E-state index contributed by atoms with van der Waals surface area (Å²) in [6.45, 7) is 9.10. The van der Waals surface area contributed by atoms with E-state index in [9.17, 15) is 4.79 Å². The molecule has 1 saturated heterocycles. The van der Waals surface area contributed by atoms with Crippen LogP contribution < -0.4 is 15.4 Å². The lowest BCUT2D eigenvalue weighted by Crippen LogP contribution is -2.48. The SMILES string of the molecule is CC(C)(C)n1ncc2c(=O)[nH]c(N3CCN(c4ccc5nncn5n4)CC3)nc21. The number of nitrogens with zero attached hydrogens (tertiary/aromatic N) is 9. The maximum atomic E-state index is 12.6. The van der Waals surface area contributed by atoms with Crippen molar-refractivity contribution < 1.29 is 0 Å². The lowest BCUT2D eigenvalue weighted by atomic mass is 10.1. The summed E-state index contributed by atoms with van der Waals surface area (Å²) < 4.78 is 3.47. The van der Waals surface area contributed by atoms with E-state index < -0.39 is 0 Å². The van der Waals surface area contributed by atoms with Crippen molar-refractivity contribution in [3.63, 3.8) is 0 Å². The molecule has 150 valence electrons. The number of fused-ring (bicyclic) bond motifs is 2. The zero-order valence-electron chi connectivity index (χ0n) is 16.6. The molecule has 1 aliphatic heterocycles. The summed E-state index contributed by atoms with van der Waals surface area (Å²) in [4.78, 5) is 24.5. The Morgan fingerprint density at radius 2 is 1.83 bits per heavy atom. The van der Waals surface area contributed by atoms with Gasteiger partial charge in [-0.15, -0.1) is 15.3 Å². The molecule has 0 unspecified atom stereocenters. The molecule has 0 aliphatic carbocycles. The van der Waals surface area contributed by atoms with E-state index in [0.29, 0.717) is 17.0 Å². The van der Waals surface area contributed by atoms with Crippen LogP contribution in [0.15, 0.2) is 29.5 Å². The monoisotopic (exact) mass is 394 g/mol. The molecule has 11 nitrogen and oxygen atoms in total. The van der Waals surface area contributed by atoms with Crippen LogP contribution in [-0.4, -0.2) is 65.7 Å². The van der Waals surface area contributed by atoms with Crippen LogP contribution in [0, 0.1) is 0 Å². The highest BCUT2D eigenvalue weighted by Gasteiger charge is 2.24. The first kappa shape index (κ1) is 17.6. The van der Waals surface area contributed by atoms with E-state index in [-0.39, 0.29) is 11.1 Å². The fraction of sp³-hybridized carbons (Fsp3) is 0.444. The molecule has 1 fully saturated rings. The van der Waals surface area contributed by atoms with Crippen LogP contribution in [0.2, 0.25) is 0 Å². The van der Waals surface area contributed by atoms with Gasteiger partial charge in [0.2, 0.25) is 5.95 Å². The Hall–Kier alpha value is -3.50. The first-order valence-corrected chi connectivity index (χ1v) is 9.56. The summed E-state index contributed by atoms with van der Waals surface area (Å²) in [5, 5.41) is 17.3. The Morgan fingerprint density at radius 1 is 1.07 bits per heavy atom. The molecule has 0 radical (unpaired) electrons. The number of aromatic nitrogens is 8. The van der Waals surface area contributed by atoms with Crippen LogP contribution >= 0.6 is 0 Å². The molecule has 4 aromatic heterocycles. The quantitative estimate of drug-likeness (QED) is 0.527. The number of rotatable bonds is 2. The third-order valence-electron chi connectivity index (χ3n) is 5.11. The van der Waals surface area contributed by atoms with Crippen LogP contribution in [0.25, 0.3) is 16.7 Å². The minimum absolute atomic E-state index is 0.164. The predicted molar refractivity (Wildman–Crippen MR) is 108 cm³/mol. The van der Waals surface area contributed by atoms with Gasteiger partial charge >= 0.3 is 0 Å². The van der Waals surface area contributed by atoms with Gasteiger partial charge in [-0.1, -0.05) is 0 Å². The molecule has 0 atom stereocenters. The van der Waals surface area contributed by atoms with E-state index in [1.54, 1.807) is 21.7 Å². The largest absolute Gasteiger partial charge is 0.352 e. The molecule has 0 spiro atoms. The van der Waals surface area contributed by atoms with Gasteiger partial charge in [-0.25, -0.2) is 4.68 Å². The fourth-order valence-corrected chi connectivity index (χ4v) is 3.58. The molecule has 29 heavy (non-hydrogen) atoms. The van der Waals surface area contributed by atoms with Crippen molar-refractivity contribution in [1.82, 2.24) is 39.6 Å². The summed E-state index contributed by atoms with van der Waals surface area (Å²) in [7, 11) is 0. The third-order valence-corrected chi connectivity index (χ3v) is 5.11. The van der Waals surface area contributed by atoms with E-state index >= 15 is 0 Å². The molecule has 1 aliphatic rings. The molecule has 0 bridgehead atoms. The summed E-state index contributed by atoms with van der Waals surface area (Å²) in [5.74, 6) is 1.45. The molecule has 11 heteroatoms. The molecular weight excluding hydrogens is 372 g/mol. The van der Waals surface area contributed by atoms with E-state index in [4.69, 9.17) is 4.98 Å². The standard InChI is InChI=1S/C18H22N10O/c1-18(2,3)28-15-12(10-20-28)16(29)22-17(21-15)26-8-6-25(7-9-26)14-5-4-13-23-19-11-27(13)24-14/h4-5,10-11H,6-9H2,1-3H3,(H,21,22,29). The third kappa shape index (κ3) is 2.98. The second kappa shape index (κ2) is 6.26. The Kier molecular flexibility index (Phi) is 3.80. The molecule has 5 rings (SSSR count). The summed E-state index contributed by atoms with van der Waals surface area (Å²) in [6.07, 6.45) is 3.18. The smallest absolute Gasteiger partial charge is 0.263 e. The van der Waals surface area contributed by atoms with Crippen molar-refractivity contribution in [2.45, 2.75) is 26.3 Å². The maximum Gasteiger partial charge on any atom is 0.263 e. The molecule has 5 heterocycles. The molecule has 0 aromatic carbocycles. The summed E-state index contributed by atoms with van der Waals surface area (Å²) in [6, 6.07) is 3.86. The van der Waals surface area contributed by atoms with Crippen LogP contribution in [0.3, 0.4) is 0 Å². The average molecular weight is 394 g/mol.